The maximum absolute atomic E-state index is 12.3. The van der Waals surface area contributed by atoms with E-state index in [-0.39, 0.29) is 16.8 Å². The summed E-state index contributed by atoms with van der Waals surface area (Å²) in [4.78, 5) is 12.1. The van der Waals surface area contributed by atoms with Crippen molar-refractivity contribution < 1.29 is 13.2 Å². The van der Waals surface area contributed by atoms with Gasteiger partial charge in [-0.1, -0.05) is 0 Å². The highest BCUT2D eigenvalue weighted by molar-refractivity contribution is 7.89. The van der Waals surface area contributed by atoms with E-state index in [1.54, 1.807) is 12.1 Å². The summed E-state index contributed by atoms with van der Waals surface area (Å²) < 4.78 is 26.1. The van der Waals surface area contributed by atoms with E-state index in [4.69, 9.17) is 0 Å². The van der Waals surface area contributed by atoms with Crippen LogP contribution in [0.1, 0.15) is 37.0 Å². The first-order chi connectivity index (χ1) is 9.41. The van der Waals surface area contributed by atoms with Crippen molar-refractivity contribution in [2.75, 3.05) is 13.1 Å². The number of benzene rings is 1. The number of amides is 1. The van der Waals surface area contributed by atoms with Crippen molar-refractivity contribution >= 4 is 15.9 Å². The molecule has 0 bridgehead atoms. The molecule has 5 nitrogen and oxygen atoms in total. The molecule has 0 atom stereocenters. The van der Waals surface area contributed by atoms with Gasteiger partial charge >= 0.3 is 0 Å². The summed E-state index contributed by atoms with van der Waals surface area (Å²) in [5.41, 5.74) is 0.471. The predicted molar refractivity (Wildman–Crippen MR) is 77.0 cm³/mol. The summed E-state index contributed by atoms with van der Waals surface area (Å²) in [6.07, 6.45) is 1.82. The molecular formula is C14H20N2O3S. The standard InChI is InChI=1S/C14H20N2O3S/c1-11(2)15-14(17)12-5-7-13(8-6-12)20(18,19)16-9-3-4-10-16/h5-8,11H,3-4,9-10H2,1-2H3,(H,15,17). The van der Waals surface area contributed by atoms with Gasteiger partial charge in [-0.3, -0.25) is 4.79 Å². The molecular weight excluding hydrogens is 276 g/mol. The Labute approximate surface area is 120 Å². The zero-order valence-corrected chi connectivity index (χ0v) is 12.6. The van der Waals surface area contributed by atoms with Gasteiger partial charge in [-0.2, -0.15) is 4.31 Å². The molecule has 0 aromatic heterocycles. The van der Waals surface area contributed by atoms with E-state index >= 15 is 0 Å². The van der Waals surface area contributed by atoms with Crippen molar-refractivity contribution in [3.05, 3.63) is 29.8 Å². The Hall–Kier alpha value is -1.40. The molecule has 1 N–H and O–H groups in total. The predicted octanol–water partition coefficient (Wildman–Crippen LogP) is 1.61. The van der Waals surface area contributed by atoms with Crippen molar-refractivity contribution in [2.24, 2.45) is 0 Å². The first-order valence-electron chi connectivity index (χ1n) is 6.82. The average molecular weight is 296 g/mol. The number of hydrogen-bond donors (Lipinski definition) is 1. The molecule has 0 radical (unpaired) electrons. The normalized spacial score (nSPS) is 16.6. The fourth-order valence-electron chi connectivity index (χ4n) is 2.20. The summed E-state index contributed by atoms with van der Waals surface area (Å²) in [6.45, 7) is 4.92. The van der Waals surface area contributed by atoms with Gasteiger partial charge in [0.25, 0.3) is 5.91 Å². The van der Waals surface area contributed by atoms with Crippen LogP contribution in [0, 0.1) is 0 Å². The van der Waals surface area contributed by atoms with Crippen molar-refractivity contribution in [2.45, 2.75) is 37.6 Å². The topological polar surface area (TPSA) is 66.5 Å². The number of carbonyl (C=O) groups excluding carboxylic acids is 1. The molecule has 6 heteroatoms. The number of nitrogens with one attached hydrogen (secondary N) is 1. The molecule has 20 heavy (non-hydrogen) atoms. The number of rotatable bonds is 4. The SMILES string of the molecule is CC(C)NC(=O)c1ccc(S(=O)(=O)N2CCCC2)cc1. The lowest BCUT2D eigenvalue weighted by molar-refractivity contribution is 0.0943. The minimum absolute atomic E-state index is 0.0514. The molecule has 0 spiro atoms. The van der Waals surface area contributed by atoms with Crippen molar-refractivity contribution in [3.8, 4) is 0 Å². The lowest BCUT2D eigenvalue weighted by atomic mass is 10.2. The van der Waals surface area contributed by atoms with E-state index in [1.165, 1.54) is 16.4 Å². The van der Waals surface area contributed by atoms with E-state index in [2.05, 4.69) is 5.32 Å². The fraction of sp³-hybridized carbons (Fsp3) is 0.500. The molecule has 110 valence electrons. The van der Waals surface area contributed by atoms with Crippen LogP contribution < -0.4 is 5.32 Å². The molecule has 0 saturated carbocycles. The van der Waals surface area contributed by atoms with Crippen molar-refractivity contribution in [1.29, 1.82) is 0 Å². The lowest BCUT2D eigenvalue weighted by Gasteiger charge is -2.15. The Kier molecular flexibility index (Phi) is 4.45. The monoisotopic (exact) mass is 296 g/mol. The molecule has 1 aliphatic heterocycles. The van der Waals surface area contributed by atoms with Gasteiger partial charge in [0.15, 0.2) is 0 Å². The zero-order valence-electron chi connectivity index (χ0n) is 11.8. The Morgan fingerprint density at radius 2 is 1.70 bits per heavy atom. The van der Waals surface area contributed by atoms with E-state index < -0.39 is 10.0 Å². The Morgan fingerprint density at radius 3 is 2.20 bits per heavy atom. The van der Waals surface area contributed by atoms with E-state index in [0.29, 0.717) is 18.7 Å². The van der Waals surface area contributed by atoms with Crippen LogP contribution in [0.15, 0.2) is 29.2 Å². The van der Waals surface area contributed by atoms with Gasteiger partial charge in [-0.15, -0.1) is 0 Å². The fourth-order valence-corrected chi connectivity index (χ4v) is 3.72. The third-order valence-corrected chi connectivity index (χ3v) is 5.15. The summed E-state index contributed by atoms with van der Waals surface area (Å²) in [6, 6.07) is 6.17. The lowest BCUT2D eigenvalue weighted by Crippen LogP contribution is -2.30. The second kappa shape index (κ2) is 5.93. The largest absolute Gasteiger partial charge is 0.350 e. The molecule has 0 unspecified atom stereocenters. The summed E-state index contributed by atoms with van der Waals surface area (Å²) in [5, 5.41) is 2.77. The quantitative estimate of drug-likeness (QED) is 0.918. The first-order valence-corrected chi connectivity index (χ1v) is 8.26. The number of hydrogen-bond acceptors (Lipinski definition) is 3. The van der Waals surface area contributed by atoms with Crippen LogP contribution in [0.25, 0.3) is 0 Å². The highest BCUT2D eigenvalue weighted by Crippen LogP contribution is 2.21. The third kappa shape index (κ3) is 3.19. The third-order valence-electron chi connectivity index (χ3n) is 3.24. The van der Waals surface area contributed by atoms with Crippen LogP contribution in [0.4, 0.5) is 0 Å². The second-order valence-corrected chi connectivity index (χ2v) is 7.20. The van der Waals surface area contributed by atoms with Gasteiger partial charge in [0, 0.05) is 24.7 Å². The maximum Gasteiger partial charge on any atom is 0.251 e. The van der Waals surface area contributed by atoms with Crippen LogP contribution in [-0.4, -0.2) is 37.8 Å². The van der Waals surface area contributed by atoms with Gasteiger partial charge in [-0.25, -0.2) is 8.42 Å². The van der Waals surface area contributed by atoms with Crippen LogP contribution in [-0.2, 0) is 10.0 Å². The van der Waals surface area contributed by atoms with Crippen molar-refractivity contribution in [1.82, 2.24) is 9.62 Å². The molecule has 1 saturated heterocycles. The minimum atomic E-state index is -3.40. The highest BCUT2D eigenvalue weighted by atomic mass is 32.2. The van der Waals surface area contributed by atoms with Crippen molar-refractivity contribution in [3.63, 3.8) is 0 Å². The number of sulfonamides is 1. The number of nitrogens with zero attached hydrogens (tertiary/aromatic N) is 1. The van der Waals surface area contributed by atoms with E-state index in [0.717, 1.165) is 12.8 Å². The van der Waals surface area contributed by atoms with Crippen LogP contribution in [0.5, 0.6) is 0 Å². The summed E-state index contributed by atoms with van der Waals surface area (Å²) in [7, 11) is -3.40. The maximum atomic E-state index is 12.3. The molecule has 1 aromatic rings. The molecule has 1 heterocycles. The highest BCUT2D eigenvalue weighted by Gasteiger charge is 2.27. The molecule has 1 aromatic carbocycles. The van der Waals surface area contributed by atoms with E-state index in [1.807, 2.05) is 13.8 Å². The van der Waals surface area contributed by atoms with Gasteiger partial charge in [0.1, 0.15) is 0 Å². The second-order valence-electron chi connectivity index (χ2n) is 5.26. The zero-order chi connectivity index (χ0) is 14.8. The van der Waals surface area contributed by atoms with Crippen LogP contribution in [0.3, 0.4) is 0 Å². The van der Waals surface area contributed by atoms with Gasteiger partial charge in [0.05, 0.1) is 4.90 Å². The molecule has 1 aliphatic rings. The summed E-state index contributed by atoms with van der Waals surface area (Å²) in [5.74, 6) is -0.190. The Balaban J connectivity index is 2.17. The smallest absolute Gasteiger partial charge is 0.251 e. The van der Waals surface area contributed by atoms with Crippen LogP contribution in [0.2, 0.25) is 0 Å². The van der Waals surface area contributed by atoms with Gasteiger partial charge in [0.2, 0.25) is 10.0 Å². The summed E-state index contributed by atoms with van der Waals surface area (Å²) >= 11 is 0. The molecule has 1 fully saturated rings. The Morgan fingerprint density at radius 1 is 1.15 bits per heavy atom. The minimum Gasteiger partial charge on any atom is -0.350 e. The van der Waals surface area contributed by atoms with Gasteiger partial charge < -0.3 is 5.32 Å². The van der Waals surface area contributed by atoms with E-state index in [9.17, 15) is 13.2 Å². The molecule has 1 amide bonds. The number of carbonyl (C=O) groups is 1. The van der Waals surface area contributed by atoms with Gasteiger partial charge in [-0.05, 0) is 51.0 Å². The Bertz CT molecular complexity index is 573. The molecule has 0 aliphatic carbocycles. The molecule has 2 rings (SSSR count). The first kappa shape index (κ1) is 15.0. The van der Waals surface area contributed by atoms with Crippen LogP contribution >= 0.6 is 0 Å². The average Bonchev–Trinajstić information content (AvgIpc) is 2.92.